The number of rotatable bonds is 2. The second kappa shape index (κ2) is 6.02. The Morgan fingerprint density at radius 2 is 1.93 bits per heavy atom. The van der Waals surface area contributed by atoms with E-state index < -0.39 is 11.9 Å². The lowest BCUT2D eigenvalue weighted by molar-refractivity contribution is -0.136. The average molecular weight is 374 g/mol. The predicted octanol–water partition coefficient (Wildman–Crippen LogP) is 2.00. The highest BCUT2D eigenvalue weighted by Crippen LogP contribution is 2.33. The fourth-order valence-corrected chi connectivity index (χ4v) is 4.15. The third kappa shape index (κ3) is 2.43. The zero-order valence-corrected chi connectivity index (χ0v) is 15.3. The van der Waals surface area contributed by atoms with Gasteiger partial charge in [0, 0.05) is 36.5 Å². The van der Waals surface area contributed by atoms with Crippen LogP contribution >= 0.6 is 0 Å². The number of aromatic nitrogens is 2. The highest BCUT2D eigenvalue weighted by molar-refractivity contribution is 6.05. The summed E-state index contributed by atoms with van der Waals surface area (Å²) in [5, 5.41) is 8.03. The number of imide groups is 1. The lowest BCUT2D eigenvalue weighted by Gasteiger charge is -2.29. The number of nitrogens with one attached hydrogen (secondary N) is 1. The number of amides is 3. The molecule has 1 atom stereocenters. The third-order valence-corrected chi connectivity index (χ3v) is 5.55. The minimum atomic E-state index is -0.600. The molecule has 2 aliphatic rings. The number of carbonyl (C=O) groups is 3. The van der Waals surface area contributed by atoms with E-state index in [1.165, 1.54) is 0 Å². The molecule has 3 heterocycles. The number of para-hydroxylation sites is 1. The summed E-state index contributed by atoms with van der Waals surface area (Å²) >= 11 is 0. The van der Waals surface area contributed by atoms with E-state index in [2.05, 4.69) is 10.4 Å². The van der Waals surface area contributed by atoms with Crippen LogP contribution in [0.25, 0.3) is 22.2 Å². The zero-order valence-electron chi connectivity index (χ0n) is 15.3. The molecule has 0 saturated carbocycles. The molecule has 2 aromatic carbocycles. The van der Waals surface area contributed by atoms with Gasteiger partial charge in [-0.2, -0.15) is 5.10 Å². The summed E-state index contributed by atoms with van der Waals surface area (Å²) < 4.78 is 1.85. The number of hydrogen-bond donors (Lipinski definition) is 1. The lowest BCUT2D eigenvalue weighted by atomic mass is 10.0. The molecule has 140 valence electrons. The molecular weight excluding hydrogens is 356 g/mol. The molecule has 28 heavy (non-hydrogen) atoms. The first kappa shape index (κ1) is 16.7. The number of piperidine rings is 1. The highest BCUT2D eigenvalue weighted by Gasteiger charge is 2.39. The monoisotopic (exact) mass is 374 g/mol. The van der Waals surface area contributed by atoms with E-state index in [1.54, 1.807) is 4.90 Å². The summed E-state index contributed by atoms with van der Waals surface area (Å²) in [7, 11) is 1.91. The maximum absolute atomic E-state index is 12.8. The van der Waals surface area contributed by atoms with Crippen molar-refractivity contribution in [3.63, 3.8) is 0 Å². The topological polar surface area (TPSA) is 84.3 Å². The molecule has 1 N–H and O–H groups in total. The van der Waals surface area contributed by atoms with Crippen LogP contribution in [0.2, 0.25) is 0 Å². The maximum atomic E-state index is 12.8. The van der Waals surface area contributed by atoms with E-state index in [9.17, 15) is 14.4 Å². The Balaban J connectivity index is 1.51. The van der Waals surface area contributed by atoms with Gasteiger partial charge in [-0.3, -0.25) is 24.4 Å². The van der Waals surface area contributed by atoms with E-state index in [-0.39, 0.29) is 18.2 Å². The van der Waals surface area contributed by atoms with E-state index in [1.807, 2.05) is 54.2 Å². The van der Waals surface area contributed by atoms with Crippen LogP contribution < -0.4 is 5.32 Å². The molecule has 1 unspecified atom stereocenters. The fourth-order valence-electron chi connectivity index (χ4n) is 4.15. The number of aryl methyl sites for hydroxylation is 1. The second-order valence-electron chi connectivity index (χ2n) is 7.26. The lowest BCUT2D eigenvalue weighted by Crippen LogP contribution is -2.52. The minimum absolute atomic E-state index is 0.165. The first-order chi connectivity index (χ1) is 13.5. The van der Waals surface area contributed by atoms with Crippen molar-refractivity contribution in [2.45, 2.75) is 25.4 Å². The Morgan fingerprint density at radius 3 is 2.75 bits per heavy atom. The van der Waals surface area contributed by atoms with Gasteiger partial charge in [0.25, 0.3) is 5.91 Å². The molecule has 3 amide bonds. The van der Waals surface area contributed by atoms with Crippen LogP contribution in [0, 0.1) is 0 Å². The Bertz CT molecular complexity index is 1160. The zero-order chi connectivity index (χ0) is 19.4. The first-order valence-corrected chi connectivity index (χ1v) is 9.22. The summed E-state index contributed by atoms with van der Waals surface area (Å²) in [5.74, 6) is -0.843. The average Bonchev–Trinajstić information content (AvgIpc) is 3.19. The molecule has 0 radical (unpaired) electrons. The molecular formula is C21H18N4O3. The van der Waals surface area contributed by atoms with Crippen molar-refractivity contribution in [2.24, 2.45) is 7.05 Å². The van der Waals surface area contributed by atoms with Gasteiger partial charge in [0.1, 0.15) is 11.7 Å². The van der Waals surface area contributed by atoms with Crippen molar-refractivity contribution in [2.75, 3.05) is 0 Å². The van der Waals surface area contributed by atoms with Crippen LogP contribution in [0.15, 0.2) is 42.5 Å². The Morgan fingerprint density at radius 1 is 1.11 bits per heavy atom. The van der Waals surface area contributed by atoms with Crippen LogP contribution in [0.3, 0.4) is 0 Å². The molecule has 3 aromatic rings. The molecule has 0 spiro atoms. The second-order valence-corrected chi connectivity index (χ2v) is 7.26. The van der Waals surface area contributed by atoms with Gasteiger partial charge in [-0.15, -0.1) is 0 Å². The molecule has 0 aliphatic carbocycles. The molecule has 1 aromatic heterocycles. The van der Waals surface area contributed by atoms with Crippen LogP contribution in [-0.4, -0.2) is 38.4 Å². The Kier molecular flexibility index (Phi) is 3.58. The van der Waals surface area contributed by atoms with Gasteiger partial charge < -0.3 is 4.90 Å². The van der Waals surface area contributed by atoms with E-state index in [0.717, 1.165) is 27.7 Å². The van der Waals surface area contributed by atoms with E-state index in [4.69, 9.17) is 0 Å². The van der Waals surface area contributed by atoms with Crippen molar-refractivity contribution in [3.05, 3.63) is 53.6 Å². The SMILES string of the molecule is Cn1nc(-c2ccc3c(c2)CN(C2CCC(=O)NC2=O)C3=O)c2ccccc21. The van der Waals surface area contributed by atoms with Gasteiger partial charge in [-0.25, -0.2) is 0 Å². The number of hydrogen-bond acceptors (Lipinski definition) is 4. The Labute approximate surface area is 160 Å². The van der Waals surface area contributed by atoms with Crippen molar-refractivity contribution < 1.29 is 14.4 Å². The van der Waals surface area contributed by atoms with Gasteiger partial charge in [-0.05, 0) is 30.2 Å². The van der Waals surface area contributed by atoms with Crippen LogP contribution in [0.5, 0.6) is 0 Å². The number of nitrogens with zero attached hydrogens (tertiary/aromatic N) is 3. The molecule has 7 heteroatoms. The van der Waals surface area contributed by atoms with Crippen molar-refractivity contribution >= 4 is 28.6 Å². The van der Waals surface area contributed by atoms with E-state index in [0.29, 0.717) is 18.5 Å². The van der Waals surface area contributed by atoms with Crippen LogP contribution in [-0.2, 0) is 23.2 Å². The van der Waals surface area contributed by atoms with Crippen molar-refractivity contribution in [1.82, 2.24) is 20.0 Å². The summed E-state index contributed by atoms with van der Waals surface area (Å²) in [6.45, 7) is 0.360. The molecule has 0 bridgehead atoms. The standard InChI is InChI=1S/C21H18N4O3/c1-24-16-5-3-2-4-15(16)19(23-24)12-6-7-14-13(10-12)11-25(21(14)28)17-8-9-18(26)22-20(17)27/h2-7,10,17H,8-9,11H2,1H3,(H,22,26,27). The molecule has 5 rings (SSSR count). The smallest absolute Gasteiger partial charge is 0.255 e. The largest absolute Gasteiger partial charge is 0.322 e. The molecule has 2 aliphatic heterocycles. The number of fused-ring (bicyclic) bond motifs is 2. The maximum Gasteiger partial charge on any atom is 0.255 e. The first-order valence-electron chi connectivity index (χ1n) is 9.22. The molecule has 1 fully saturated rings. The van der Waals surface area contributed by atoms with Gasteiger partial charge in [0.2, 0.25) is 11.8 Å². The summed E-state index contributed by atoms with van der Waals surface area (Å²) in [6, 6.07) is 13.1. The van der Waals surface area contributed by atoms with Gasteiger partial charge >= 0.3 is 0 Å². The molecule has 1 saturated heterocycles. The van der Waals surface area contributed by atoms with Gasteiger partial charge in [-0.1, -0.05) is 24.3 Å². The van der Waals surface area contributed by atoms with Gasteiger partial charge in [0.15, 0.2) is 0 Å². The van der Waals surface area contributed by atoms with Crippen LogP contribution in [0.1, 0.15) is 28.8 Å². The normalized spacial score (nSPS) is 19.2. The summed E-state index contributed by atoms with van der Waals surface area (Å²) in [4.78, 5) is 38.0. The predicted molar refractivity (Wildman–Crippen MR) is 102 cm³/mol. The Hall–Kier alpha value is -3.48. The van der Waals surface area contributed by atoms with Crippen LogP contribution in [0.4, 0.5) is 0 Å². The highest BCUT2D eigenvalue weighted by atomic mass is 16.2. The minimum Gasteiger partial charge on any atom is -0.322 e. The summed E-state index contributed by atoms with van der Waals surface area (Å²) in [6.07, 6.45) is 0.615. The van der Waals surface area contributed by atoms with Gasteiger partial charge in [0.05, 0.1) is 5.52 Å². The van der Waals surface area contributed by atoms with E-state index >= 15 is 0 Å². The third-order valence-electron chi connectivity index (χ3n) is 5.55. The summed E-state index contributed by atoms with van der Waals surface area (Å²) in [5.41, 5.74) is 4.33. The molecule has 7 nitrogen and oxygen atoms in total. The number of benzene rings is 2. The quantitative estimate of drug-likeness (QED) is 0.696. The van der Waals surface area contributed by atoms with Crippen molar-refractivity contribution in [1.29, 1.82) is 0 Å². The van der Waals surface area contributed by atoms with Crippen molar-refractivity contribution in [3.8, 4) is 11.3 Å². The fraction of sp³-hybridized carbons (Fsp3) is 0.238. The number of carbonyl (C=O) groups excluding carboxylic acids is 3.